The highest BCUT2D eigenvalue weighted by Crippen LogP contribution is 2.36. The van der Waals surface area contributed by atoms with Gasteiger partial charge in [-0.05, 0) is 54.8 Å². The molecule has 2 aromatic carbocycles. The Hall–Kier alpha value is -3.25. The van der Waals surface area contributed by atoms with Crippen molar-refractivity contribution in [3.8, 4) is 22.8 Å². The van der Waals surface area contributed by atoms with Crippen molar-refractivity contribution in [1.29, 1.82) is 0 Å². The third-order valence-electron chi connectivity index (χ3n) is 4.87. The van der Waals surface area contributed by atoms with E-state index in [-0.39, 0.29) is 11.9 Å². The molecule has 1 aliphatic rings. The zero-order valence-corrected chi connectivity index (χ0v) is 16.1. The van der Waals surface area contributed by atoms with Crippen LogP contribution in [0, 0.1) is 5.82 Å². The Bertz CT molecular complexity index is 1180. The molecule has 0 radical (unpaired) electrons. The van der Waals surface area contributed by atoms with Crippen LogP contribution in [0.4, 0.5) is 4.39 Å². The third-order valence-corrected chi connectivity index (χ3v) is 5.10. The molecule has 1 aliphatic heterocycles. The van der Waals surface area contributed by atoms with E-state index in [1.165, 1.54) is 12.1 Å². The van der Waals surface area contributed by atoms with Crippen LogP contribution < -0.4 is 4.74 Å². The summed E-state index contributed by atoms with van der Waals surface area (Å²) in [4.78, 5) is 8.91. The van der Waals surface area contributed by atoms with Gasteiger partial charge in [0.25, 0.3) is 0 Å². The standard InChI is InChI=1S/C22H16ClFN4O/c23-16-4-1-5-18(11-16)28-22(26-21(27-28)15-3-2-10-25-13-15)19-9-7-14-6-8-17(24)12-20(14)29-19/h1-6,8,10-13,19H,7,9H2. The molecule has 0 aliphatic carbocycles. The van der Waals surface area contributed by atoms with Crippen LogP contribution >= 0.6 is 11.6 Å². The van der Waals surface area contributed by atoms with Crippen LogP contribution in [0.3, 0.4) is 0 Å². The zero-order valence-electron chi connectivity index (χ0n) is 15.3. The van der Waals surface area contributed by atoms with E-state index < -0.39 is 0 Å². The molecule has 4 aromatic rings. The maximum absolute atomic E-state index is 13.7. The van der Waals surface area contributed by atoms with Gasteiger partial charge < -0.3 is 4.74 Å². The molecule has 0 saturated carbocycles. The fourth-order valence-corrected chi connectivity index (χ4v) is 3.66. The van der Waals surface area contributed by atoms with Gasteiger partial charge in [-0.15, -0.1) is 5.10 Å². The van der Waals surface area contributed by atoms with E-state index in [0.29, 0.717) is 28.8 Å². The number of nitrogens with zero attached hydrogens (tertiary/aromatic N) is 4. The van der Waals surface area contributed by atoms with Crippen LogP contribution in [0.15, 0.2) is 67.0 Å². The smallest absolute Gasteiger partial charge is 0.183 e. The van der Waals surface area contributed by atoms with Gasteiger partial charge in [0.05, 0.1) is 5.69 Å². The van der Waals surface area contributed by atoms with E-state index in [2.05, 4.69) is 4.98 Å². The van der Waals surface area contributed by atoms with Crippen molar-refractivity contribution in [2.45, 2.75) is 18.9 Å². The second kappa shape index (κ2) is 7.29. The molecule has 0 saturated heterocycles. The van der Waals surface area contributed by atoms with Gasteiger partial charge in [-0.3, -0.25) is 4.98 Å². The van der Waals surface area contributed by atoms with Gasteiger partial charge in [0, 0.05) is 29.0 Å². The molecule has 1 unspecified atom stereocenters. The fraction of sp³-hybridized carbons (Fsp3) is 0.136. The molecule has 0 amide bonds. The molecule has 2 aromatic heterocycles. The summed E-state index contributed by atoms with van der Waals surface area (Å²) in [5.74, 6) is 1.41. The Kier molecular flexibility index (Phi) is 4.48. The summed E-state index contributed by atoms with van der Waals surface area (Å²) >= 11 is 6.20. The Morgan fingerprint density at radius 2 is 2.03 bits per heavy atom. The van der Waals surface area contributed by atoms with E-state index in [1.807, 2.05) is 30.3 Å². The lowest BCUT2D eigenvalue weighted by Crippen LogP contribution is -2.19. The summed E-state index contributed by atoms with van der Waals surface area (Å²) in [7, 11) is 0. The Balaban J connectivity index is 1.60. The van der Waals surface area contributed by atoms with Crippen molar-refractivity contribution in [3.05, 3.63) is 89.2 Å². The summed E-state index contributed by atoms with van der Waals surface area (Å²) in [5.41, 5.74) is 2.57. The summed E-state index contributed by atoms with van der Waals surface area (Å²) in [6, 6.07) is 15.8. The second-order valence-electron chi connectivity index (χ2n) is 6.82. The normalized spacial score (nSPS) is 15.6. The Labute approximate surface area is 171 Å². The van der Waals surface area contributed by atoms with Crippen molar-refractivity contribution >= 4 is 11.6 Å². The minimum Gasteiger partial charge on any atom is -0.482 e. The highest BCUT2D eigenvalue weighted by Gasteiger charge is 2.28. The first-order valence-corrected chi connectivity index (χ1v) is 9.63. The monoisotopic (exact) mass is 406 g/mol. The molecule has 5 rings (SSSR count). The lowest BCUT2D eigenvalue weighted by atomic mass is 10.0. The summed E-state index contributed by atoms with van der Waals surface area (Å²) < 4.78 is 21.6. The summed E-state index contributed by atoms with van der Waals surface area (Å²) in [5, 5.41) is 5.29. The third kappa shape index (κ3) is 3.47. The van der Waals surface area contributed by atoms with Crippen LogP contribution in [0.5, 0.6) is 5.75 Å². The minimum absolute atomic E-state index is 0.322. The van der Waals surface area contributed by atoms with Crippen molar-refractivity contribution in [1.82, 2.24) is 19.7 Å². The Morgan fingerprint density at radius 3 is 2.86 bits per heavy atom. The van der Waals surface area contributed by atoms with E-state index >= 15 is 0 Å². The first kappa shape index (κ1) is 17.8. The number of pyridine rings is 1. The highest BCUT2D eigenvalue weighted by molar-refractivity contribution is 6.30. The number of hydrogen-bond acceptors (Lipinski definition) is 4. The molecule has 0 bridgehead atoms. The lowest BCUT2D eigenvalue weighted by Gasteiger charge is -2.25. The van der Waals surface area contributed by atoms with E-state index in [4.69, 9.17) is 26.4 Å². The van der Waals surface area contributed by atoms with Crippen LogP contribution in [-0.4, -0.2) is 19.7 Å². The molecule has 144 valence electrons. The maximum Gasteiger partial charge on any atom is 0.183 e. The van der Waals surface area contributed by atoms with Crippen molar-refractivity contribution < 1.29 is 9.13 Å². The van der Waals surface area contributed by atoms with Crippen LogP contribution in [0.25, 0.3) is 17.1 Å². The average Bonchev–Trinajstić information content (AvgIpc) is 3.19. The predicted octanol–water partition coefficient (Wildman–Crippen LogP) is 5.19. The number of fused-ring (bicyclic) bond motifs is 1. The van der Waals surface area contributed by atoms with Crippen molar-refractivity contribution in [3.63, 3.8) is 0 Å². The lowest BCUT2D eigenvalue weighted by molar-refractivity contribution is 0.164. The molecule has 0 N–H and O–H groups in total. The van der Waals surface area contributed by atoms with Crippen LogP contribution in [-0.2, 0) is 6.42 Å². The van der Waals surface area contributed by atoms with E-state index in [0.717, 1.165) is 23.2 Å². The average molecular weight is 407 g/mol. The first-order chi connectivity index (χ1) is 14.2. The number of aryl methyl sites for hydroxylation is 1. The van der Waals surface area contributed by atoms with Crippen LogP contribution in [0.1, 0.15) is 23.9 Å². The number of rotatable bonds is 3. The van der Waals surface area contributed by atoms with Gasteiger partial charge in [-0.25, -0.2) is 14.1 Å². The molecule has 3 heterocycles. The zero-order chi connectivity index (χ0) is 19.8. The molecule has 7 heteroatoms. The number of benzene rings is 2. The number of ether oxygens (including phenoxy) is 1. The summed E-state index contributed by atoms with van der Waals surface area (Å²) in [6.45, 7) is 0. The van der Waals surface area contributed by atoms with E-state index in [1.54, 1.807) is 29.2 Å². The molecule has 29 heavy (non-hydrogen) atoms. The van der Waals surface area contributed by atoms with Crippen molar-refractivity contribution in [2.75, 3.05) is 0 Å². The van der Waals surface area contributed by atoms with Gasteiger partial charge in [-0.1, -0.05) is 23.7 Å². The van der Waals surface area contributed by atoms with Gasteiger partial charge >= 0.3 is 0 Å². The highest BCUT2D eigenvalue weighted by atomic mass is 35.5. The minimum atomic E-state index is -0.360. The fourth-order valence-electron chi connectivity index (χ4n) is 3.47. The quantitative estimate of drug-likeness (QED) is 0.470. The molecule has 5 nitrogen and oxygen atoms in total. The van der Waals surface area contributed by atoms with Crippen LogP contribution in [0.2, 0.25) is 5.02 Å². The Morgan fingerprint density at radius 1 is 1.10 bits per heavy atom. The molecular weight excluding hydrogens is 391 g/mol. The van der Waals surface area contributed by atoms with Gasteiger partial charge in [0.2, 0.25) is 0 Å². The second-order valence-corrected chi connectivity index (χ2v) is 7.26. The molecule has 1 atom stereocenters. The van der Waals surface area contributed by atoms with E-state index in [9.17, 15) is 4.39 Å². The predicted molar refractivity (Wildman–Crippen MR) is 108 cm³/mol. The summed E-state index contributed by atoms with van der Waals surface area (Å²) in [6.07, 6.45) is 4.54. The maximum atomic E-state index is 13.7. The SMILES string of the molecule is Fc1ccc2c(c1)OC(c1nc(-c3cccnc3)nn1-c1cccc(Cl)c1)CC2. The number of aromatic nitrogens is 4. The largest absolute Gasteiger partial charge is 0.482 e. The topological polar surface area (TPSA) is 52.8 Å². The van der Waals surface area contributed by atoms with Gasteiger partial charge in [0.15, 0.2) is 17.8 Å². The molecular formula is C22H16ClFN4O. The van der Waals surface area contributed by atoms with Gasteiger partial charge in [-0.2, -0.15) is 0 Å². The molecule has 0 fully saturated rings. The van der Waals surface area contributed by atoms with Crippen molar-refractivity contribution in [2.24, 2.45) is 0 Å². The number of hydrogen-bond donors (Lipinski definition) is 0. The first-order valence-electron chi connectivity index (χ1n) is 9.26. The number of halogens is 2. The molecule has 0 spiro atoms. The van der Waals surface area contributed by atoms with Gasteiger partial charge in [0.1, 0.15) is 11.6 Å².